The fourth-order valence-electron chi connectivity index (χ4n) is 3.65. The molecule has 1 aliphatic rings. The Kier molecular flexibility index (Phi) is 6.92. The van der Waals surface area contributed by atoms with Gasteiger partial charge in [-0.1, -0.05) is 25.1 Å². The largest absolute Gasteiger partial charge is 0.494 e. The van der Waals surface area contributed by atoms with Gasteiger partial charge in [0.15, 0.2) is 0 Å². The highest BCUT2D eigenvalue weighted by Gasteiger charge is 2.40. The molecule has 0 spiro atoms. The average molecular weight is 461 g/mol. The van der Waals surface area contributed by atoms with E-state index in [-0.39, 0.29) is 17.0 Å². The molecule has 2 amide bonds. The van der Waals surface area contributed by atoms with E-state index < -0.39 is 17.6 Å². The lowest BCUT2D eigenvalue weighted by atomic mass is 10.0. The van der Waals surface area contributed by atoms with Gasteiger partial charge in [-0.3, -0.25) is 9.59 Å². The minimum absolute atomic E-state index is 0.112. The summed E-state index contributed by atoms with van der Waals surface area (Å²) >= 11 is 0. The van der Waals surface area contributed by atoms with Crippen molar-refractivity contribution in [1.29, 1.82) is 0 Å². The first-order chi connectivity index (χ1) is 16.5. The maximum atomic E-state index is 13.9. The van der Waals surface area contributed by atoms with E-state index in [1.807, 2.05) is 13.8 Å². The maximum absolute atomic E-state index is 13.9. The van der Waals surface area contributed by atoms with E-state index in [1.54, 1.807) is 48.5 Å². The summed E-state index contributed by atoms with van der Waals surface area (Å²) < 4.78 is 25.0. The number of nitrogens with zero attached hydrogens (tertiary/aromatic N) is 1. The van der Waals surface area contributed by atoms with Gasteiger partial charge < -0.3 is 14.8 Å². The molecule has 1 heterocycles. The van der Waals surface area contributed by atoms with Gasteiger partial charge in [0.05, 0.1) is 24.5 Å². The molecule has 0 aromatic heterocycles. The van der Waals surface area contributed by atoms with Gasteiger partial charge in [0.2, 0.25) is 0 Å². The first-order valence-electron chi connectivity index (χ1n) is 11.1. The highest BCUT2D eigenvalue weighted by atomic mass is 19.1. The molecule has 0 fully saturated rings. The van der Waals surface area contributed by atoms with E-state index in [0.29, 0.717) is 36.0 Å². The third-order valence-corrected chi connectivity index (χ3v) is 5.20. The van der Waals surface area contributed by atoms with Gasteiger partial charge >= 0.3 is 0 Å². The Labute approximate surface area is 197 Å². The lowest BCUT2D eigenvalue weighted by molar-refractivity contribution is -0.120. The summed E-state index contributed by atoms with van der Waals surface area (Å²) in [6.45, 7) is 5.03. The summed E-state index contributed by atoms with van der Waals surface area (Å²) in [7, 11) is 0. The summed E-state index contributed by atoms with van der Waals surface area (Å²) in [4.78, 5) is 27.8. The van der Waals surface area contributed by atoms with Crippen LogP contribution in [0.15, 0.2) is 78.5 Å². The second-order valence-corrected chi connectivity index (χ2v) is 7.63. The maximum Gasteiger partial charge on any atom is 0.282 e. The molecule has 6 nitrogen and oxygen atoms in total. The minimum Gasteiger partial charge on any atom is -0.494 e. The molecule has 34 heavy (non-hydrogen) atoms. The molecule has 4 rings (SSSR count). The molecule has 0 atom stereocenters. The van der Waals surface area contributed by atoms with Crippen molar-refractivity contribution in [3.63, 3.8) is 0 Å². The Hall–Kier alpha value is -4.13. The van der Waals surface area contributed by atoms with Crippen LogP contribution in [0.4, 0.5) is 15.8 Å². The summed E-state index contributed by atoms with van der Waals surface area (Å²) in [6.07, 6.45) is 0.874. The number of hydrogen-bond donors (Lipinski definition) is 1. The molecule has 1 aliphatic heterocycles. The van der Waals surface area contributed by atoms with E-state index in [9.17, 15) is 14.0 Å². The van der Waals surface area contributed by atoms with Gasteiger partial charge in [0, 0.05) is 5.69 Å². The third kappa shape index (κ3) is 4.78. The second kappa shape index (κ2) is 10.2. The Morgan fingerprint density at radius 2 is 1.53 bits per heavy atom. The topological polar surface area (TPSA) is 67.9 Å². The van der Waals surface area contributed by atoms with Crippen LogP contribution in [-0.2, 0) is 9.59 Å². The highest BCUT2D eigenvalue weighted by Crippen LogP contribution is 2.34. The van der Waals surface area contributed by atoms with Crippen molar-refractivity contribution in [1.82, 2.24) is 0 Å². The molecule has 7 heteroatoms. The number of carbonyl (C=O) groups is 2. The number of nitrogens with one attached hydrogen (secondary N) is 1. The second-order valence-electron chi connectivity index (χ2n) is 7.63. The quantitative estimate of drug-likeness (QED) is 0.433. The standard InChI is InChI=1S/C27H25FN2O4/c1-3-16-34-23-12-8-18(9-13-23)24-25(29-20-10-14-22(15-11-20)33-4-2)27(32)30(26(24)31)21-7-5-6-19(28)17-21/h5-15,17,29H,3-4,16H2,1-2H3. The van der Waals surface area contributed by atoms with Crippen LogP contribution in [0.2, 0.25) is 0 Å². The number of hydrogen-bond acceptors (Lipinski definition) is 5. The molecule has 0 saturated carbocycles. The number of halogens is 1. The third-order valence-electron chi connectivity index (χ3n) is 5.20. The predicted molar refractivity (Wildman–Crippen MR) is 129 cm³/mol. The molecule has 0 saturated heterocycles. The number of anilines is 2. The van der Waals surface area contributed by atoms with Crippen LogP contribution in [0.3, 0.4) is 0 Å². The van der Waals surface area contributed by atoms with Gasteiger partial charge in [0.25, 0.3) is 11.8 Å². The van der Waals surface area contributed by atoms with E-state index in [1.165, 1.54) is 18.2 Å². The summed E-state index contributed by atoms with van der Waals surface area (Å²) in [6, 6.07) is 19.5. The van der Waals surface area contributed by atoms with Crippen molar-refractivity contribution in [2.45, 2.75) is 20.3 Å². The molecule has 1 N–H and O–H groups in total. The lowest BCUT2D eigenvalue weighted by Crippen LogP contribution is -2.32. The van der Waals surface area contributed by atoms with E-state index in [4.69, 9.17) is 9.47 Å². The molecular weight excluding hydrogens is 435 g/mol. The molecule has 0 unspecified atom stereocenters. The van der Waals surface area contributed by atoms with Crippen LogP contribution in [0.5, 0.6) is 11.5 Å². The van der Waals surface area contributed by atoms with Crippen LogP contribution in [0.25, 0.3) is 5.57 Å². The smallest absolute Gasteiger partial charge is 0.282 e. The number of amides is 2. The van der Waals surface area contributed by atoms with E-state index in [2.05, 4.69) is 5.32 Å². The number of ether oxygens (including phenoxy) is 2. The van der Waals surface area contributed by atoms with Crippen LogP contribution < -0.4 is 19.7 Å². The lowest BCUT2D eigenvalue weighted by Gasteiger charge is -2.15. The number of benzene rings is 3. The number of carbonyl (C=O) groups excluding carboxylic acids is 2. The van der Waals surface area contributed by atoms with Crippen molar-refractivity contribution in [3.8, 4) is 11.5 Å². The van der Waals surface area contributed by atoms with Crippen LogP contribution in [0, 0.1) is 5.82 Å². The Morgan fingerprint density at radius 1 is 0.853 bits per heavy atom. The summed E-state index contributed by atoms with van der Waals surface area (Å²) in [5.41, 5.74) is 1.64. The van der Waals surface area contributed by atoms with Gasteiger partial charge in [0.1, 0.15) is 23.0 Å². The Morgan fingerprint density at radius 3 is 2.18 bits per heavy atom. The first-order valence-corrected chi connectivity index (χ1v) is 11.1. The molecule has 0 aliphatic carbocycles. The fraction of sp³-hybridized carbons (Fsp3) is 0.185. The average Bonchev–Trinajstić information content (AvgIpc) is 3.08. The van der Waals surface area contributed by atoms with Crippen molar-refractivity contribution in [2.75, 3.05) is 23.4 Å². The molecule has 0 radical (unpaired) electrons. The number of rotatable bonds is 9. The molecule has 3 aromatic carbocycles. The SMILES string of the molecule is CCCOc1ccc(C2=C(Nc3ccc(OCC)cc3)C(=O)N(c3cccc(F)c3)C2=O)cc1. The van der Waals surface area contributed by atoms with E-state index >= 15 is 0 Å². The molecule has 3 aromatic rings. The van der Waals surface area contributed by atoms with Gasteiger partial charge in [-0.25, -0.2) is 9.29 Å². The first kappa shape index (κ1) is 23.0. The molecule has 0 bridgehead atoms. The zero-order chi connectivity index (χ0) is 24.1. The molecule has 174 valence electrons. The van der Waals surface area contributed by atoms with Crippen LogP contribution in [0.1, 0.15) is 25.8 Å². The Balaban J connectivity index is 1.73. The van der Waals surface area contributed by atoms with Crippen molar-refractivity contribution in [3.05, 3.63) is 89.9 Å². The zero-order valence-corrected chi connectivity index (χ0v) is 19.0. The Bertz CT molecular complexity index is 1220. The molecular formula is C27H25FN2O4. The van der Waals surface area contributed by atoms with Crippen molar-refractivity contribution in [2.24, 2.45) is 0 Å². The van der Waals surface area contributed by atoms with Crippen molar-refractivity contribution < 1.29 is 23.5 Å². The normalized spacial score (nSPS) is 13.4. The minimum atomic E-state index is -0.564. The van der Waals surface area contributed by atoms with Gasteiger partial charge in [-0.2, -0.15) is 0 Å². The zero-order valence-electron chi connectivity index (χ0n) is 19.0. The highest BCUT2D eigenvalue weighted by molar-refractivity contribution is 6.46. The van der Waals surface area contributed by atoms with Crippen molar-refractivity contribution >= 4 is 28.8 Å². The van der Waals surface area contributed by atoms with Crippen LogP contribution >= 0.6 is 0 Å². The summed E-state index contributed by atoms with van der Waals surface area (Å²) in [5, 5.41) is 3.09. The van der Waals surface area contributed by atoms with Gasteiger partial charge in [-0.15, -0.1) is 0 Å². The van der Waals surface area contributed by atoms with Crippen LogP contribution in [-0.4, -0.2) is 25.0 Å². The summed E-state index contributed by atoms with van der Waals surface area (Å²) in [5.74, 6) is -0.270. The monoisotopic (exact) mass is 460 g/mol. The van der Waals surface area contributed by atoms with E-state index in [0.717, 1.165) is 17.4 Å². The fourth-order valence-corrected chi connectivity index (χ4v) is 3.65. The van der Waals surface area contributed by atoms with Gasteiger partial charge in [-0.05, 0) is 73.5 Å². The predicted octanol–water partition coefficient (Wildman–Crippen LogP) is 5.41. The number of imide groups is 1.